The number of aliphatic imine (C=N–C) groups is 1. The van der Waals surface area contributed by atoms with Crippen LogP contribution in [0.3, 0.4) is 0 Å². The van der Waals surface area contributed by atoms with Gasteiger partial charge in [-0.25, -0.2) is 9.98 Å². The van der Waals surface area contributed by atoms with E-state index < -0.39 is 0 Å². The van der Waals surface area contributed by atoms with Gasteiger partial charge in [-0.05, 0) is 43.2 Å². The minimum Gasteiger partial charge on any atom is -0.494 e. The lowest BCUT2D eigenvalue weighted by molar-refractivity contribution is 0.317. The number of aromatic nitrogens is 1. The predicted octanol–water partition coefficient (Wildman–Crippen LogP) is 3.87. The van der Waals surface area contributed by atoms with Crippen molar-refractivity contribution in [3.8, 4) is 17.4 Å². The van der Waals surface area contributed by atoms with Crippen LogP contribution in [0.1, 0.15) is 38.7 Å². The summed E-state index contributed by atoms with van der Waals surface area (Å²) >= 11 is 0. The van der Waals surface area contributed by atoms with Crippen LogP contribution >= 0.6 is 0 Å². The Morgan fingerprint density at radius 1 is 1.12 bits per heavy atom. The van der Waals surface area contributed by atoms with Crippen molar-refractivity contribution in [3.05, 3.63) is 48.2 Å². The highest BCUT2D eigenvalue weighted by molar-refractivity contribution is 5.77. The van der Waals surface area contributed by atoms with Crippen LogP contribution in [0.15, 0.2) is 47.6 Å². The lowest BCUT2D eigenvalue weighted by atomic mass is 10.2. The molecule has 1 heterocycles. The van der Waals surface area contributed by atoms with Gasteiger partial charge in [0, 0.05) is 18.3 Å². The highest BCUT2D eigenvalue weighted by Gasteiger charge is 2.06. The molecule has 6 nitrogen and oxygen atoms in total. The van der Waals surface area contributed by atoms with Crippen molar-refractivity contribution in [2.24, 2.45) is 10.7 Å². The molecule has 0 saturated carbocycles. The molecule has 6 heteroatoms. The Hall–Kier alpha value is -2.76. The van der Waals surface area contributed by atoms with E-state index >= 15 is 0 Å². The number of ether oxygens (including phenoxy) is 2. The molecule has 26 heavy (non-hydrogen) atoms. The fraction of sp³-hybridized carbons (Fsp3) is 0.400. The maximum Gasteiger partial charge on any atom is 0.224 e. The summed E-state index contributed by atoms with van der Waals surface area (Å²) in [5.41, 5.74) is 6.76. The van der Waals surface area contributed by atoms with Gasteiger partial charge >= 0.3 is 0 Å². The Bertz CT molecular complexity index is 686. The first-order valence-electron chi connectivity index (χ1n) is 9.11. The molecule has 2 aromatic rings. The molecule has 3 N–H and O–H groups in total. The lowest BCUT2D eigenvalue weighted by Gasteiger charge is -2.10. The topological polar surface area (TPSA) is 81.8 Å². The minimum absolute atomic E-state index is 0.409. The zero-order valence-electron chi connectivity index (χ0n) is 15.6. The molecule has 0 aliphatic rings. The zero-order valence-corrected chi connectivity index (χ0v) is 15.6. The van der Waals surface area contributed by atoms with Crippen LogP contribution in [0.25, 0.3) is 0 Å². The van der Waals surface area contributed by atoms with Crippen LogP contribution in [-0.2, 0) is 6.54 Å². The molecule has 1 aromatic carbocycles. The fourth-order valence-corrected chi connectivity index (χ4v) is 2.19. The van der Waals surface area contributed by atoms with Gasteiger partial charge in [0.1, 0.15) is 11.5 Å². The largest absolute Gasteiger partial charge is 0.494 e. The van der Waals surface area contributed by atoms with Crippen molar-refractivity contribution in [2.45, 2.75) is 39.7 Å². The number of guanidine groups is 1. The summed E-state index contributed by atoms with van der Waals surface area (Å²) < 4.78 is 11.5. The van der Waals surface area contributed by atoms with E-state index in [1.165, 1.54) is 0 Å². The average Bonchev–Trinajstić information content (AvgIpc) is 2.67. The first kappa shape index (κ1) is 19.6. The summed E-state index contributed by atoms with van der Waals surface area (Å²) in [6.07, 6.45) is 4.86. The van der Waals surface area contributed by atoms with Crippen LogP contribution in [0.5, 0.6) is 17.4 Å². The minimum atomic E-state index is 0.409. The maximum atomic E-state index is 5.90. The van der Waals surface area contributed by atoms with Crippen molar-refractivity contribution in [1.29, 1.82) is 0 Å². The molecular weight excluding hydrogens is 328 g/mol. The number of nitrogens with two attached hydrogens (primary N) is 1. The molecule has 0 bridgehead atoms. The first-order valence-corrected chi connectivity index (χ1v) is 9.11. The van der Waals surface area contributed by atoms with E-state index in [-0.39, 0.29) is 0 Å². The lowest BCUT2D eigenvalue weighted by Crippen LogP contribution is -2.32. The second kappa shape index (κ2) is 11.0. The molecule has 0 aliphatic carbocycles. The second-order valence-corrected chi connectivity index (χ2v) is 5.87. The van der Waals surface area contributed by atoms with E-state index in [9.17, 15) is 0 Å². The van der Waals surface area contributed by atoms with Gasteiger partial charge in [-0.3, -0.25) is 0 Å². The number of nitrogens with one attached hydrogen (secondary N) is 1. The molecule has 0 atom stereocenters. The summed E-state index contributed by atoms with van der Waals surface area (Å²) in [7, 11) is 0. The molecule has 0 saturated heterocycles. The Balaban J connectivity index is 1.98. The number of rotatable bonds is 10. The molecule has 2 rings (SSSR count). The van der Waals surface area contributed by atoms with E-state index in [2.05, 4.69) is 29.1 Å². The van der Waals surface area contributed by atoms with E-state index in [0.29, 0.717) is 30.7 Å². The molecule has 140 valence electrons. The fourth-order valence-electron chi connectivity index (χ4n) is 2.19. The third kappa shape index (κ3) is 6.63. The van der Waals surface area contributed by atoms with Crippen molar-refractivity contribution in [2.75, 3.05) is 13.2 Å². The van der Waals surface area contributed by atoms with Crippen LogP contribution in [0.4, 0.5) is 0 Å². The third-order valence-corrected chi connectivity index (χ3v) is 3.62. The average molecular weight is 356 g/mol. The third-order valence-electron chi connectivity index (χ3n) is 3.62. The molecule has 1 aromatic heterocycles. The Labute approximate surface area is 155 Å². The molecule has 0 spiro atoms. The van der Waals surface area contributed by atoms with Gasteiger partial charge in [0.05, 0.1) is 13.2 Å². The summed E-state index contributed by atoms with van der Waals surface area (Å²) in [5.74, 6) is 2.49. The van der Waals surface area contributed by atoms with E-state index in [4.69, 9.17) is 15.2 Å². The second-order valence-electron chi connectivity index (χ2n) is 5.87. The van der Waals surface area contributed by atoms with E-state index in [0.717, 1.165) is 37.1 Å². The Morgan fingerprint density at radius 3 is 2.62 bits per heavy atom. The molecule has 0 amide bonds. The predicted molar refractivity (Wildman–Crippen MR) is 105 cm³/mol. The Kier molecular flexibility index (Phi) is 8.26. The Morgan fingerprint density at radius 2 is 1.88 bits per heavy atom. The highest BCUT2D eigenvalue weighted by Crippen LogP contribution is 2.25. The summed E-state index contributed by atoms with van der Waals surface area (Å²) in [4.78, 5) is 8.68. The van der Waals surface area contributed by atoms with Gasteiger partial charge in [0.2, 0.25) is 5.88 Å². The van der Waals surface area contributed by atoms with Crippen molar-refractivity contribution < 1.29 is 9.47 Å². The van der Waals surface area contributed by atoms with Crippen molar-refractivity contribution in [1.82, 2.24) is 10.3 Å². The first-order chi connectivity index (χ1) is 12.7. The van der Waals surface area contributed by atoms with Gasteiger partial charge in [-0.1, -0.05) is 26.3 Å². The van der Waals surface area contributed by atoms with Crippen molar-refractivity contribution >= 4 is 5.96 Å². The molecule has 0 aliphatic heterocycles. The smallest absolute Gasteiger partial charge is 0.224 e. The monoisotopic (exact) mass is 356 g/mol. The van der Waals surface area contributed by atoms with Gasteiger partial charge < -0.3 is 20.5 Å². The number of pyridine rings is 1. The van der Waals surface area contributed by atoms with Crippen LogP contribution in [0.2, 0.25) is 0 Å². The summed E-state index contributed by atoms with van der Waals surface area (Å²) in [5, 5.41) is 3.10. The normalized spacial score (nSPS) is 11.2. The SMILES string of the molecule is CCCCNC(N)=NCc1cccnc1Oc1ccc(OCCC)cc1. The number of nitrogens with zero attached hydrogens (tertiary/aromatic N) is 2. The van der Waals surface area contributed by atoms with Crippen LogP contribution in [0, 0.1) is 0 Å². The van der Waals surface area contributed by atoms with E-state index in [1.807, 2.05) is 36.4 Å². The quantitative estimate of drug-likeness (QED) is 0.384. The summed E-state index contributed by atoms with van der Waals surface area (Å²) in [6.45, 7) is 6.15. The standard InChI is InChI=1S/C20H28N4O2/c1-3-5-12-23-20(21)24-15-16-7-6-13-22-19(16)26-18-10-8-17(9-11-18)25-14-4-2/h6-11,13H,3-5,12,14-15H2,1-2H3,(H3,21,23,24). The molecule has 0 radical (unpaired) electrons. The van der Waals surface area contributed by atoms with Crippen LogP contribution < -0.4 is 20.5 Å². The number of benzene rings is 1. The van der Waals surface area contributed by atoms with Gasteiger partial charge in [0.25, 0.3) is 0 Å². The molecule has 0 unspecified atom stereocenters. The number of unbranched alkanes of at least 4 members (excludes halogenated alkanes) is 1. The van der Waals surface area contributed by atoms with Crippen LogP contribution in [-0.4, -0.2) is 24.1 Å². The zero-order chi connectivity index (χ0) is 18.6. The van der Waals surface area contributed by atoms with Gasteiger partial charge in [0.15, 0.2) is 5.96 Å². The van der Waals surface area contributed by atoms with Gasteiger partial charge in [-0.15, -0.1) is 0 Å². The molecule has 0 fully saturated rings. The maximum absolute atomic E-state index is 5.90. The molecular formula is C20H28N4O2. The number of hydrogen-bond acceptors (Lipinski definition) is 4. The summed E-state index contributed by atoms with van der Waals surface area (Å²) in [6, 6.07) is 11.3. The van der Waals surface area contributed by atoms with Crippen molar-refractivity contribution in [3.63, 3.8) is 0 Å². The van der Waals surface area contributed by atoms with Gasteiger partial charge in [-0.2, -0.15) is 0 Å². The van der Waals surface area contributed by atoms with E-state index in [1.54, 1.807) is 6.20 Å². The highest BCUT2D eigenvalue weighted by atomic mass is 16.5. The number of hydrogen-bond donors (Lipinski definition) is 2.